The van der Waals surface area contributed by atoms with Gasteiger partial charge < -0.3 is 10.1 Å². The highest BCUT2D eigenvalue weighted by Gasteiger charge is 2.09. The van der Waals surface area contributed by atoms with Gasteiger partial charge in [-0.05, 0) is 36.2 Å². The number of carbonyl (C=O) groups is 1. The largest absolute Gasteiger partial charge is 0.497 e. The Morgan fingerprint density at radius 3 is 2.86 bits per heavy atom. The summed E-state index contributed by atoms with van der Waals surface area (Å²) in [7, 11) is 1.61. The van der Waals surface area contributed by atoms with Gasteiger partial charge >= 0.3 is 0 Å². The lowest BCUT2D eigenvalue weighted by Gasteiger charge is -2.09. The number of hydrogen-bond donors (Lipinski definition) is 3. The van der Waals surface area contributed by atoms with Crippen LogP contribution in [0.2, 0.25) is 0 Å². The molecule has 0 atom stereocenters. The van der Waals surface area contributed by atoms with Crippen molar-refractivity contribution in [1.82, 2.24) is 15.2 Å². The summed E-state index contributed by atoms with van der Waals surface area (Å²) in [6.45, 7) is 1.91. The van der Waals surface area contributed by atoms with Crippen molar-refractivity contribution in [2.75, 3.05) is 23.6 Å². The number of hydrazone groups is 1. The molecule has 1 aromatic heterocycles. The zero-order valence-electron chi connectivity index (χ0n) is 15.5. The minimum absolute atomic E-state index is 0.139. The maximum atomic E-state index is 12.2. The third kappa shape index (κ3) is 5.58. The van der Waals surface area contributed by atoms with Crippen molar-refractivity contribution in [3.63, 3.8) is 0 Å². The fourth-order valence-corrected chi connectivity index (χ4v) is 2.89. The molecule has 9 heteroatoms. The first-order chi connectivity index (χ1) is 13.6. The lowest BCUT2D eigenvalue weighted by atomic mass is 10.2. The lowest BCUT2D eigenvalue weighted by Crippen LogP contribution is -2.15. The van der Waals surface area contributed by atoms with Crippen LogP contribution in [0, 0.1) is 6.92 Å². The number of anilines is 2. The number of nitrogens with zero attached hydrogens (tertiary/aromatic N) is 3. The molecule has 0 fully saturated rings. The van der Waals surface area contributed by atoms with Gasteiger partial charge in [-0.3, -0.25) is 4.79 Å². The summed E-state index contributed by atoms with van der Waals surface area (Å²) in [5.41, 5.74) is 5.42. The number of carbonyl (C=O) groups excluding carboxylic acids is 1. The zero-order valence-corrected chi connectivity index (χ0v) is 16.3. The van der Waals surface area contributed by atoms with Crippen LogP contribution in [-0.4, -0.2) is 40.2 Å². The number of nitrogens with one attached hydrogen (secondary N) is 3. The lowest BCUT2D eigenvalue weighted by molar-refractivity contribution is -0.113. The van der Waals surface area contributed by atoms with Gasteiger partial charge in [0, 0.05) is 5.69 Å². The van der Waals surface area contributed by atoms with E-state index < -0.39 is 0 Å². The van der Waals surface area contributed by atoms with E-state index in [1.165, 1.54) is 11.8 Å². The van der Waals surface area contributed by atoms with E-state index in [1.807, 2.05) is 49.4 Å². The number of H-pyrrole nitrogens is 1. The first-order valence-corrected chi connectivity index (χ1v) is 9.46. The molecule has 0 aliphatic heterocycles. The van der Waals surface area contributed by atoms with Gasteiger partial charge in [0.05, 0.1) is 19.1 Å². The molecule has 8 nitrogen and oxygen atoms in total. The number of rotatable bonds is 8. The number of thioether (sulfide) groups is 1. The molecule has 3 N–H and O–H groups in total. The van der Waals surface area contributed by atoms with Gasteiger partial charge in [-0.15, -0.1) is 5.10 Å². The second kappa shape index (κ2) is 9.56. The van der Waals surface area contributed by atoms with Crippen molar-refractivity contribution >= 4 is 35.5 Å². The van der Waals surface area contributed by atoms with Gasteiger partial charge in [0.25, 0.3) is 0 Å². The zero-order chi connectivity index (χ0) is 19.8. The summed E-state index contributed by atoms with van der Waals surface area (Å²) in [6.07, 6.45) is 1.68. The average Bonchev–Trinajstić information content (AvgIpc) is 3.16. The number of ether oxygens (including phenoxy) is 1. The summed E-state index contributed by atoms with van der Waals surface area (Å²) in [4.78, 5) is 16.4. The Kier molecular flexibility index (Phi) is 6.64. The number of amides is 1. The first kappa shape index (κ1) is 19.4. The standard InChI is InChI=1S/C19H20N6O2S/c1-13-10-15(27-2)8-9-16(13)21-17(26)12-28-19-22-18(24-25-19)23-20-11-14-6-4-3-5-7-14/h3-11H,12H2,1-2H3,(H,21,26)(H2,22,23,24,25)/b20-11-. The summed E-state index contributed by atoms with van der Waals surface area (Å²) in [6, 6.07) is 15.2. The van der Waals surface area contributed by atoms with Crippen LogP contribution >= 0.6 is 11.8 Å². The normalized spacial score (nSPS) is 10.8. The predicted octanol–water partition coefficient (Wildman–Crippen LogP) is 3.30. The van der Waals surface area contributed by atoms with E-state index in [-0.39, 0.29) is 11.7 Å². The Morgan fingerprint density at radius 1 is 1.29 bits per heavy atom. The topological polar surface area (TPSA) is 104 Å². The van der Waals surface area contributed by atoms with E-state index in [1.54, 1.807) is 19.4 Å². The monoisotopic (exact) mass is 396 g/mol. The van der Waals surface area contributed by atoms with Crippen molar-refractivity contribution in [3.8, 4) is 5.75 Å². The maximum Gasteiger partial charge on any atom is 0.240 e. The summed E-state index contributed by atoms with van der Waals surface area (Å²) in [5, 5.41) is 14.2. The highest BCUT2D eigenvalue weighted by Crippen LogP contribution is 2.21. The van der Waals surface area contributed by atoms with Crippen molar-refractivity contribution in [2.24, 2.45) is 5.10 Å². The molecule has 0 aliphatic carbocycles. The van der Waals surface area contributed by atoms with Crippen LogP contribution in [0.25, 0.3) is 0 Å². The molecule has 1 heterocycles. The number of benzene rings is 2. The van der Waals surface area contributed by atoms with Gasteiger partial charge in [-0.2, -0.15) is 10.1 Å². The molecule has 144 valence electrons. The van der Waals surface area contributed by atoms with Crippen molar-refractivity contribution in [3.05, 3.63) is 59.7 Å². The van der Waals surface area contributed by atoms with E-state index in [0.29, 0.717) is 11.1 Å². The van der Waals surface area contributed by atoms with E-state index >= 15 is 0 Å². The van der Waals surface area contributed by atoms with E-state index in [2.05, 4.69) is 31.0 Å². The fraction of sp³-hybridized carbons (Fsp3) is 0.158. The highest BCUT2D eigenvalue weighted by molar-refractivity contribution is 7.99. The Labute approximate surface area is 166 Å². The van der Waals surface area contributed by atoms with E-state index in [9.17, 15) is 4.79 Å². The fourth-order valence-electron chi connectivity index (χ4n) is 2.29. The number of hydrogen-bond acceptors (Lipinski definition) is 7. The summed E-state index contributed by atoms with van der Waals surface area (Å²) < 4.78 is 5.16. The van der Waals surface area contributed by atoms with Gasteiger partial charge in [-0.25, -0.2) is 10.5 Å². The third-order valence-corrected chi connectivity index (χ3v) is 4.54. The Bertz CT molecular complexity index is 958. The quantitative estimate of drug-likeness (QED) is 0.307. The number of methoxy groups -OCH3 is 1. The van der Waals surface area contributed by atoms with Crippen LogP contribution < -0.4 is 15.5 Å². The Hall–Kier alpha value is -3.33. The molecule has 1 amide bonds. The van der Waals surface area contributed by atoms with Gasteiger partial charge in [0.1, 0.15) is 5.75 Å². The van der Waals surface area contributed by atoms with Crippen molar-refractivity contribution in [1.29, 1.82) is 0 Å². The van der Waals surface area contributed by atoms with Crippen LogP contribution in [0.3, 0.4) is 0 Å². The first-order valence-electron chi connectivity index (χ1n) is 8.48. The molecule has 2 aromatic carbocycles. The predicted molar refractivity (Wildman–Crippen MR) is 111 cm³/mol. The molecule has 0 unspecified atom stereocenters. The number of aryl methyl sites for hydroxylation is 1. The minimum Gasteiger partial charge on any atom is -0.497 e. The molecule has 0 aliphatic rings. The molecule has 0 radical (unpaired) electrons. The molecule has 3 aromatic rings. The molecule has 0 saturated heterocycles. The molecule has 3 rings (SSSR count). The van der Waals surface area contributed by atoms with Gasteiger partial charge in [-0.1, -0.05) is 42.1 Å². The van der Waals surface area contributed by atoms with Crippen LogP contribution in [0.15, 0.2) is 58.8 Å². The second-order valence-corrected chi connectivity index (χ2v) is 6.71. The van der Waals surface area contributed by atoms with Gasteiger partial charge in [0.2, 0.25) is 17.0 Å². The van der Waals surface area contributed by atoms with E-state index in [4.69, 9.17) is 4.74 Å². The third-order valence-electron chi connectivity index (χ3n) is 3.69. The minimum atomic E-state index is -0.139. The number of aromatic nitrogens is 3. The maximum absolute atomic E-state index is 12.2. The molecule has 0 saturated carbocycles. The highest BCUT2D eigenvalue weighted by atomic mass is 32.2. The average molecular weight is 396 g/mol. The van der Waals surface area contributed by atoms with Crippen molar-refractivity contribution in [2.45, 2.75) is 12.1 Å². The number of aromatic amines is 1. The molecule has 28 heavy (non-hydrogen) atoms. The summed E-state index contributed by atoms with van der Waals surface area (Å²) in [5.74, 6) is 1.21. The summed E-state index contributed by atoms with van der Waals surface area (Å²) >= 11 is 1.23. The van der Waals surface area contributed by atoms with Crippen LogP contribution in [0.1, 0.15) is 11.1 Å². The molecular formula is C19H20N6O2S. The molecular weight excluding hydrogens is 376 g/mol. The van der Waals surface area contributed by atoms with Crippen LogP contribution in [0.4, 0.5) is 11.6 Å². The van der Waals surface area contributed by atoms with Crippen molar-refractivity contribution < 1.29 is 9.53 Å². The second-order valence-electron chi connectivity index (χ2n) is 5.76. The van der Waals surface area contributed by atoms with Crippen LogP contribution in [-0.2, 0) is 4.79 Å². The smallest absolute Gasteiger partial charge is 0.240 e. The SMILES string of the molecule is COc1ccc(NC(=O)CSc2n[nH]c(N/N=C\c3ccccc3)n2)c(C)c1. The Morgan fingerprint density at radius 2 is 2.11 bits per heavy atom. The van der Waals surface area contributed by atoms with Crippen LogP contribution in [0.5, 0.6) is 5.75 Å². The Balaban J connectivity index is 1.47. The molecule has 0 spiro atoms. The van der Waals surface area contributed by atoms with Gasteiger partial charge in [0.15, 0.2) is 0 Å². The molecule has 0 bridgehead atoms. The van der Waals surface area contributed by atoms with E-state index in [0.717, 1.165) is 22.6 Å².